The summed E-state index contributed by atoms with van der Waals surface area (Å²) >= 11 is 12.2. The number of rotatable bonds is 4. The molecule has 0 aliphatic carbocycles. The molecule has 8 heteroatoms. The second kappa shape index (κ2) is 7.55. The summed E-state index contributed by atoms with van der Waals surface area (Å²) in [5.41, 5.74) is 1.19. The van der Waals surface area contributed by atoms with Gasteiger partial charge in [0.2, 0.25) is 0 Å². The quantitative estimate of drug-likeness (QED) is 0.312. The van der Waals surface area contributed by atoms with Gasteiger partial charge in [0, 0.05) is 23.2 Å². The highest BCUT2D eigenvalue weighted by atomic mass is 35.5. The highest BCUT2D eigenvalue weighted by molar-refractivity contribution is 6.40. The number of carbonyl (C=O) groups excluding carboxylic acids is 1. The molecule has 0 atom stereocenters. The lowest BCUT2D eigenvalue weighted by molar-refractivity contribution is 0.0856. The molecule has 0 spiro atoms. The van der Waals surface area contributed by atoms with Crippen LogP contribution in [0.2, 0.25) is 10.0 Å². The predicted octanol–water partition coefficient (Wildman–Crippen LogP) is 6.11. The topological polar surface area (TPSA) is 75.8 Å². The van der Waals surface area contributed by atoms with Gasteiger partial charge in [-0.05, 0) is 32.0 Å². The fourth-order valence-corrected chi connectivity index (χ4v) is 3.68. The highest BCUT2D eigenvalue weighted by Crippen LogP contribution is 2.39. The number of benzene rings is 2. The number of hydroxylamine groups is 1. The Hall–Kier alpha value is -2.80. The summed E-state index contributed by atoms with van der Waals surface area (Å²) in [6.45, 7) is 3.80. The van der Waals surface area contributed by atoms with Gasteiger partial charge in [0.05, 0.1) is 21.7 Å². The Bertz CT molecular complexity index is 1220. The summed E-state index contributed by atoms with van der Waals surface area (Å²) in [6.07, 6.45) is 2.50. The van der Waals surface area contributed by atoms with Crippen LogP contribution in [0.3, 0.4) is 0 Å². The minimum absolute atomic E-state index is 0.0430. The summed E-state index contributed by atoms with van der Waals surface area (Å²) in [7, 11) is 0. The van der Waals surface area contributed by atoms with Gasteiger partial charge in [0.25, 0.3) is 5.91 Å². The van der Waals surface area contributed by atoms with Crippen LogP contribution in [0.1, 0.15) is 24.2 Å². The Labute approximate surface area is 176 Å². The van der Waals surface area contributed by atoms with E-state index in [9.17, 15) is 10.0 Å². The Balaban J connectivity index is 1.93. The number of halogens is 2. The van der Waals surface area contributed by atoms with E-state index in [1.807, 2.05) is 32.0 Å². The molecule has 4 rings (SSSR count). The lowest BCUT2D eigenvalue weighted by Gasteiger charge is -2.18. The molecule has 0 radical (unpaired) electrons. The second-order valence-electron chi connectivity index (χ2n) is 6.65. The molecule has 0 unspecified atom stereocenters. The van der Waals surface area contributed by atoms with Gasteiger partial charge in [-0.15, -0.1) is 0 Å². The number of ether oxygens (including phenoxy) is 1. The molecule has 0 aliphatic heterocycles. The van der Waals surface area contributed by atoms with Crippen LogP contribution < -0.4 is 9.80 Å². The minimum Gasteiger partial charge on any atom is -0.487 e. The third-order valence-corrected chi connectivity index (χ3v) is 4.87. The normalized spacial score (nSPS) is 11.4. The minimum atomic E-state index is -0.715. The maximum Gasteiger partial charge on any atom is 0.282 e. The number of carbonyl (C=O) groups is 1. The molecule has 0 saturated heterocycles. The van der Waals surface area contributed by atoms with E-state index < -0.39 is 5.91 Å². The van der Waals surface area contributed by atoms with Gasteiger partial charge < -0.3 is 9.15 Å². The monoisotopic (exact) mass is 430 g/mol. The number of fused-ring (bicyclic) bond motifs is 3. The van der Waals surface area contributed by atoms with Crippen molar-refractivity contribution in [3.05, 3.63) is 64.4 Å². The fraction of sp³-hybridized carbons (Fsp3) is 0.143. The van der Waals surface area contributed by atoms with Gasteiger partial charge in [0.15, 0.2) is 11.3 Å². The molecule has 2 heterocycles. The van der Waals surface area contributed by atoms with Gasteiger partial charge in [0.1, 0.15) is 11.3 Å². The number of para-hydroxylation sites is 1. The average molecular weight is 431 g/mol. The van der Waals surface area contributed by atoms with E-state index in [4.69, 9.17) is 32.4 Å². The van der Waals surface area contributed by atoms with Crippen molar-refractivity contribution >= 4 is 56.7 Å². The largest absolute Gasteiger partial charge is 0.487 e. The van der Waals surface area contributed by atoms with E-state index >= 15 is 0 Å². The zero-order valence-electron chi connectivity index (χ0n) is 15.5. The van der Waals surface area contributed by atoms with E-state index in [1.165, 1.54) is 12.4 Å². The maximum atomic E-state index is 13.2. The zero-order valence-corrected chi connectivity index (χ0v) is 17.0. The molecule has 0 bridgehead atoms. The van der Waals surface area contributed by atoms with E-state index in [0.29, 0.717) is 27.4 Å². The summed E-state index contributed by atoms with van der Waals surface area (Å²) in [4.78, 5) is 17.0. The van der Waals surface area contributed by atoms with Gasteiger partial charge >= 0.3 is 0 Å². The first-order valence-corrected chi connectivity index (χ1v) is 9.57. The van der Waals surface area contributed by atoms with Crippen molar-refractivity contribution in [2.75, 3.05) is 5.06 Å². The van der Waals surface area contributed by atoms with E-state index in [0.717, 1.165) is 5.39 Å². The second-order valence-corrected chi connectivity index (χ2v) is 7.46. The van der Waals surface area contributed by atoms with E-state index in [1.54, 1.807) is 18.2 Å². The van der Waals surface area contributed by atoms with Crippen LogP contribution in [-0.4, -0.2) is 22.2 Å². The summed E-state index contributed by atoms with van der Waals surface area (Å²) < 4.78 is 11.8. The van der Waals surface area contributed by atoms with E-state index in [-0.39, 0.29) is 27.4 Å². The maximum absolute atomic E-state index is 13.2. The molecule has 1 amide bonds. The van der Waals surface area contributed by atoms with Crippen molar-refractivity contribution in [3.8, 4) is 5.75 Å². The van der Waals surface area contributed by atoms with E-state index in [2.05, 4.69) is 4.98 Å². The fourth-order valence-electron chi connectivity index (χ4n) is 3.15. The Morgan fingerprint density at radius 2 is 1.83 bits per heavy atom. The van der Waals surface area contributed by atoms with Crippen molar-refractivity contribution in [2.24, 2.45) is 0 Å². The van der Waals surface area contributed by atoms with Crippen LogP contribution >= 0.6 is 23.2 Å². The number of furan rings is 1. The van der Waals surface area contributed by atoms with Crippen LogP contribution in [0.25, 0.3) is 21.9 Å². The zero-order chi connectivity index (χ0) is 20.7. The van der Waals surface area contributed by atoms with Gasteiger partial charge in [-0.3, -0.25) is 15.0 Å². The first-order valence-electron chi connectivity index (χ1n) is 8.81. The number of anilines is 1. The van der Waals surface area contributed by atoms with Crippen molar-refractivity contribution < 1.29 is 19.2 Å². The van der Waals surface area contributed by atoms with Crippen LogP contribution in [0.5, 0.6) is 5.75 Å². The first kappa shape index (κ1) is 19.5. The third kappa shape index (κ3) is 3.40. The molecule has 2 aromatic carbocycles. The number of hydrogen-bond acceptors (Lipinski definition) is 5. The number of pyridine rings is 1. The third-order valence-electron chi connectivity index (χ3n) is 4.32. The van der Waals surface area contributed by atoms with Gasteiger partial charge in [-0.2, -0.15) is 5.06 Å². The molecule has 0 saturated carbocycles. The molecule has 4 aromatic rings. The number of aromatic nitrogens is 1. The summed E-state index contributed by atoms with van der Waals surface area (Å²) in [6, 6.07) is 10.5. The van der Waals surface area contributed by atoms with Crippen molar-refractivity contribution in [1.29, 1.82) is 0 Å². The first-order chi connectivity index (χ1) is 13.9. The number of hydrogen-bond donors (Lipinski definition) is 1. The van der Waals surface area contributed by atoms with Crippen LogP contribution in [-0.2, 0) is 0 Å². The molecular weight excluding hydrogens is 415 g/mol. The van der Waals surface area contributed by atoms with Crippen LogP contribution in [0.4, 0.5) is 5.69 Å². The Morgan fingerprint density at radius 1 is 1.14 bits per heavy atom. The van der Waals surface area contributed by atoms with Crippen LogP contribution in [0.15, 0.2) is 53.2 Å². The summed E-state index contributed by atoms with van der Waals surface area (Å²) in [5, 5.41) is 12.4. The lowest BCUT2D eigenvalue weighted by Crippen LogP contribution is -2.28. The standard InChI is InChI=1S/C21H16Cl2N2O4/c1-11(2)28-17-8-7-13(18-12-5-3-4-6-16(12)29-20(17)18)21(26)25(27)19-14(22)9-24-10-15(19)23/h3-11,27H,1-2H3. The molecule has 148 valence electrons. The van der Waals surface area contributed by atoms with Gasteiger partial charge in [-0.1, -0.05) is 41.4 Å². The molecule has 0 fully saturated rings. The van der Waals surface area contributed by atoms with Gasteiger partial charge in [-0.25, -0.2) is 0 Å². The average Bonchev–Trinajstić information content (AvgIpc) is 3.07. The molecule has 29 heavy (non-hydrogen) atoms. The molecule has 0 aliphatic rings. The van der Waals surface area contributed by atoms with Crippen molar-refractivity contribution in [2.45, 2.75) is 20.0 Å². The van der Waals surface area contributed by atoms with Crippen LogP contribution in [0, 0.1) is 0 Å². The Kier molecular flexibility index (Phi) is 5.08. The predicted molar refractivity (Wildman–Crippen MR) is 112 cm³/mol. The number of nitrogens with zero attached hydrogens (tertiary/aromatic N) is 2. The number of amides is 1. The highest BCUT2D eigenvalue weighted by Gasteiger charge is 2.26. The SMILES string of the molecule is CC(C)Oc1ccc(C(=O)N(O)c2c(Cl)cncc2Cl)c2c1oc1ccccc12. The Morgan fingerprint density at radius 3 is 2.52 bits per heavy atom. The molecule has 2 aromatic heterocycles. The molecule has 1 N–H and O–H groups in total. The van der Waals surface area contributed by atoms with Crippen molar-refractivity contribution in [1.82, 2.24) is 4.98 Å². The molecular formula is C21H16Cl2N2O4. The van der Waals surface area contributed by atoms with Crippen molar-refractivity contribution in [3.63, 3.8) is 0 Å². The smallest absolute Gasteiger partial charge is 0.282 e. The summed E-state index contributed by atoms with van der Waals surface area (Å²) in [5.74, 6) is -0.208. The lowest BCUT2D eigenvalue weighted by atomic mass is 10.0. The molecule has 6 nitrogen and oxygen atoms in total.